The number of sulfonamides is 1. The van der Waals surface area contributed by atoms with Crippen LogP contribution in [0.15, 0.2) is 59.6 Å². The van der Waals surface area contributed by atoms with Crippen molar-refractivity contribution in [3.63, 3.8) is 0 Å². The molecule has 1 aromatic heterocycles. The second kappa shape index (κ2) is 8.41. The lowest BCUT2D eigenvalue weighted by Gasteiger charge is -2.14. The zero-order valence-electron chi connectivity index (χ0n) is 17.0. The molecule has 30 heavy (non-hydrogen) atoms. The summed E-state index contributed by atoms with van der Waals surface area (Å²) in [6, 6.07) is 15.0. The van der Waals surface area contributed by atoms with Crippen LogP contribution in [0.4, 0.5) is 17.5 Å². The number of aromatic nitrogens is 2. The van der Waals surface area contributed by atoms with Gasteiger partial charge in [-0.3, -0.25) is 0 Å². The molecule has 7 nitrogen and oxygen atoms in total. The molecule has 8 heteroatoms. The van der Waals surface area contributed by atoms with Gasteiger partial charge >= 0.3 is 0 Å². The van der Waals surface area contributed by atoms with Crippen molar-refractivity contribution < 1.29 is 8.42 Å². The normalized spacial score (nSPS) is 15.8. The summed E-state index contributed by atoms with van der Waals surface area (Å²) in [6.45, 7) is 5.25. The molecule has 0 saturated carbocycles. The molecular formula is C22H25N5O2S. The summed E-state index contributed by atoms with van der Waals surface area (Å²) >= 11 is 0. The monoisotopic (exact) mass is 423 g/mol. The molecule has 3 aromatic rings. The lowest BCUT2D eigenvalue weighted by molar-refractivity contribution is 0.580. The van der Waals surface area contributed by atoms with Gasteiger partial charge in [0, 0.05) is 30.5 Å². The molecule has 1 aliphatic rings. The van der Waals surface area contributed by atoms with Gasteiger partial charge in [0.2, 0.25) is 16.0 Å². The van der Waals surface area contributed by atoms with Crippen molar-refractivity contribution in [3.8, 4) is 11.1 Å². The summed E-state index contributed by atoms with van der Waals surface area (Å²) in [4.78, 5) is 9.32. The van der Waals surface area contributed by atoms with E-state index in [1.54, 1.807) is 30.5 Å². The first-order chi connectivity index (χ1) is 14.4. The van der Waals surface area contributed by atoms with Gasteiger partial charge in [0.15, 0.2) is 0 Å². The first-order valence-electron chi connectivity index (χ1n) is 10.0. The van der Waals surface area contributed by atoms with E-state index >= 15 is 0 Å². The van der Waals surface area contributed by atoms with Crippen molar-refractivity contribution in [2.24, 2.45) is 0 Å². The van der Waals surface area contributed by atoms with Gasteiger partial charge in [-0.2, -0.15) is 4.98 Å². The number of hydrogen-bond acceptors (Lipinski definition) is 6. The second-order valence-corrected chi connectivity index (χ2v) is 9.33. The number of anilines is 3. The molecule has 0 unspecified atom stereocenters. The zero-order valence-corrected chi connectivity index (χ0v) is 17.8. The van der Waals surface area contributed by atoms with E-state index in [1.165, 1.54) is 5.56 Å². The number of fused-ring (bicyclic) bond motifs is 4. The lowest BCUT2D eigenvalue weighted by Crippen LogP contribution is -2.26. The Hall–Kier alpha value is -2.97. The fourth-order valence-corrected chi connectivity index (χ4v) is 4.41. The Labute approximate surface area is 177 Å². The molecule has 0 saturated heterocycles. The van der Waals surface area contributed by atoms with Crippen molar-refractivity contribution in [2.75, 3.05) is 23.7 Å². The van der Waals surface area contributed by atoms with E-state index in [0.29, 0.717) is 42.9 Å². The summed E-state index contributed by atoms with van der Waals surface area (Å²) in [5, 5.41) is 6.44. The highest BCUT2D eigenvalue weighted by molar-refractivity contribution is 7.89. The first kappa shape index (κ1) is 20.3. The summed E-state index contributed by atoms with van der Waals surface area (Å²) in [5.74, 6) is 1.58. The zero-order chi connectivity index (χ0) is 21.1. The average Bonchev–Trinajstić information content (AvgIpc) is 2.74. The third-order valence-corrected chi connectivity index (χ3v) is 6.47. The Morgan fingerprint density at radius 2 is 1.83 bits per heavy atom. The maximum absolute atomic E-state index is 12.5. The van der Waals surface area contributed by atoms with Crippen molar-refractivity contribution in [2.45, 2.75) is 31.1 Å². The molecular weight excluding hydrogens is 398 g/mol. The Morgan fingerprint density at radius 1 is 1.03 bits per heavy atom. The largest absolute Gasteiger partial charge is 0.369 e. The van der Waals surface area contributed by atoms with Crippen LogP contribution in [-0.4, -0.2) is 31.5 Å². The van der Waals surface area contributed by atoms with E-state index in [-0.39, 0.29) is 4.90 Å². The predicted octanol–water partition coefficient (Wildman–Crippen LogP) is 4.10. The third kappa shape index (κ3) is 4.44. The van der Waals surface area contributed by atoms with Crippen LogP contribution in [0.2, 0.25) is 0 Å². The van der Waals surface area contributed by atoms with Crippen LogP contribution in [0.5, 0.6) is 0 Å². The van der Waals surface area contributed by atoms with Crippen LogP contribution in [0.3, 0.4) is 0 Å². The van der Waals surface area contributed by atoms with Crippen molar-refractivity contribution in [1.82, 2.24) is 14.7 Å². The molecule has 2 aromatic carbocycles. The van der Waals surface area contributed by atoms with Gasteiger partial charge < -0.3 is 10.6 Å². The van der Waals surface area contributed by atoms with E-state index in [4.69, 9.17) is 0 Å². The van der Waals surface area contributed by atoms with E-state index < -0.39 is 10.0 Å². The molecule has 0 spiro atoms. The number of nitrogens with one attached hydrogen (secondary N) is 3. The smallest absolute Gasteiger partial charge is 0.240 e. The maximum atomic E-state index is 12.5. The van der Waals surface area contributed by atoms with Crippen LogP contribution in [0.1, 0.15) is 31.7 Å². The molecule has 0 radical (unpaired) electrons. The van der Waals surface area contributed by atoms with Crippen LogP contribution in [-0.2, 0) is 10.0 Å². The topological polar surface area (TPSA) is 96.0 Å². The van der Waals surface area contributed by atoms with Gasteiger partial charge in [-0.05, 0) is 41.7 Å². The fraction of sp³-hybridized carbons (Fsp3) is 0.273. The van der Waals surface area contributed by atoms with Crippen LogP contribution < -0.4 is 15.4 Å². The second-order valence-electron chi connectivity index (χ2n) is 7.56. The van der Waals surface area contributed by atoms with Crippen LogP contribution in [0, 0.1) is 0 Å². The number of rotatable bonds is 2. The molecule has 0 fully saturated rings. The molecule has 2 heterocycles. The highest BCUT2D eigenvalue weighted by Crippen LogP contribution is 2.29. The highest BCUT2D eigenvalue weighted by atomic mass is 32.2. The average molecular weight is 424 g/mol. The minimum atomic E-state index is -3.56. The summed E-state index contributed by atoms with van der Waals surface area (Å²) < 4.78 is 27.6. The van der Waals surface area contributed by atoms with Crippen LogP contribution in [0.25, 0.3) is 11.1 Å². The SMILES string of the molecule is CC(C)c1ccc(-c2cnc3nc2NCCCNS(=O)(=O)c2cccc(c2)N3)cc1. The molecule has 1 aliphatic heterocycles. The summed E-state index contributed by atoms with van der Waals surface area (Å²) in [5.41, 5.74) is 3.82. The quantitative estimate of drug-likeness (QED) is 0.574. The number of hydrogen-bond donors (Lipinski definition) is 3. The van der Waals surface area contributed by atoms with Gasteiger partial charge in [0.05, 0.1) is 4.90 Å². The van der Waals surface area contributed by atoms with Crippen LogP contribution >= 0.6 is 0 Å². The molecule has 0 amide bonds. The van der Waals surface area contributed by atoms with Gasteiger partial charge in [0.1, 0.15) is 5.82 Å². The maximum Gasteiger partial charge on any atom is 0.240 e. The Bertz CT molecular complexity index is 1140. The lowest BCUT2D eigenvalue weighted by atomic mass is 9.99. The van der Waals surface area contributed by atoms with E-state index in [9.17, 15) is 8.42 Å². The standard InChI is InChI=1S/C22H25N5O2S/c1-15(2)16-7-9-17(10-8-16)20-14-24-22-26-18-5-3-6-19(13-18)30(28,29)25-12-4-11-23-21(20)27-22/h3,5-10,13-15,25H,4,11-12H2,1-2H3,(H2,23,24,26,27). The summed E-state index contributed by atoms with van der Waals surface area (Å²) in [7, 11) is -3.56. The van der Waals surface area contributed by atoms with Gasteiger partial charge in [-0.15, -0.1) is 0 Å². The van der Waals surface area contributed by atoms with E-state index in [2.05, 4.69) is 63.4 Å². The van der Waals surface area contributed by atoms with Gasteiger partial charge in [-0.1, -0.05) is 44.2 Å². The molecule has 4 bridgehead atoms. The first-order valence-corrected chi connectivity index (χ1v) is 11.5. The van der Waals surface area contributed by atoms with Gasteiger partial charge in [0.25, 0.3) is 0 Å². The van der Waals surface area contributed by atoms with Crippen molar-refractivity contribution in [3.05, 3.63) is 60.3 Å². The Morgan fingerprint density at radius 3 is 2.60 bits per heavy atom. The van der Waals surface area contributed by atoms with E-state index in [1.807, 2.05) is 0 Å². The van der Waals surface area contributed by atoms with Crippen molar-refractivity contribution in [1.29, 1.82) is 0 Å². The molecule has 0 atom stereocenters. The minimum absolute atomic E-state index is 0.210. The molecule has 0 aliphatic carbocycles. The third-order valence-electron chi connectivity index (χ3n) is 5.02. The molecule has 4 rings (SSSR count). The molecule has 3 N–H and O–H groups in total. The molecule has 156 valence electrons. The highest BCUT2D eigenvalue weighted by Gasteiger charge is 2.16. The van der Waals surface area contributed by atoms with Gasteiger partial charge in [-0.25, -0.2) is 18.1 Å². The predicted molar refractivity (Wildman–Crippen MR) is 120 cm³/mol. The van der Waals surface area contributed by atoms with E-state index in [0.717, 1.165) is 11.1 Å². The Kier molecular flexibility index (Phi) is 5.69. The number of nitrogens with zero attached hydrogens (tertiary/aromatic N) is 2. The van der Waals surface area contributed by atoms with Crippen molar-refractivity contribution >= 4 is 27.5 Å². The number of benzene rings is 2. The fourth-order valence-electron chi connectivity index (χ4n) is 3.29. The minimum Gasteiger partial charge on any atom is -0.369 e. The Balaban J connectivity index is 1.71. The summed E-state index contributed by atoms with van der Waals surface area (Å²) in [6.07, 6.45) is 2.41.